The molecule has 9 heavy (non-hydrogen) atoms. The molecule has 1 aromatic heterocycles. The van der Waals surface area contributed by atoms with Gasteiger partial charge in [0.1, 0.15) is 0 Å². The number of hydrogen-bond acceptors (Lipinski definition) is 3. The van der Waals surface area contributed by atoms with Crippen LogP contribution in [0, 0.1) is 0 Å². The maximum absolute atomic E-state index is 5.38. The first-order valence-corrected chi connectivity index (χ1v) is 2.64. The highest BCUT2D eigenvalue weighted by Gasteiger charge is 1.86. The van der Waals surface area contributed by atoms with Crippen LogP contribution in [0.15, 0.2) is 23.4 Å². The van der Waals surface area contributed by atoms with Gasteiger partial charge in [0, 0.05) is 11.1 Å². The van der Waals surface area contributed by atoms with Crippen molar-refractivity contribution in [3.05, 3.63) is 18.5 Å². The van der Waals surface area contributed by atoms with E-state index in [0.29, 0.717) is 5.69 Å². The van der Waals surface area contributed by atoms with Crippen molar-refractivity contribution in [2.24, 2.45) is 0 Å². The summed E-state index contributed by atoms with van der Waals surface area (Å²) in [4.78, 5) is 4.55. The standard InChI is InChI=1S/C5H6N2S.ClH/c6-4-3-7-2-1-5(4)8;/h1-3H,6H2,(H,7,8);1H. The van der Waals surface area contributed by atoms with Crippen LogP contribution in [0.3, 0.4) is 0 Å². The number of halogens is 1. The highest BCUT2D eigenvalue weighted by molar-refractivity contribution is 7.80. The number of pyridine rings is 1. The molecule has 0 aliphatic rings. The third-order valence-corrected chi connectivity index (χ3v) is 1.24. The molecule has 0 radical (unpaired) electrons. The molecule has 0 spiro atoms. The van der Waals surface area contributed by atoms with Crippen LogP contribution < -0.4 is 5.73 Å². The van der Waals surface area contributed by atoms with E-state index in [0.717, 1.165) is 4.90 Å². The first-order valence-electron chi connectivity index (χ1n) is 2.19. The molecule has 50 valence electrons. The van der Waals surface area contributed by atoms with Crippen LogP contribution in [0.25, 0.3) is 0 Å². The van der Waals surface area contributed by atoms with E-state index in [9.17, 15) is 0 Å². The second-order valence-electron chi connectivity index (χ2n) is 1.43. The zero-order chi connectivity index (χ0) is 5.98. The smallest absolute Gasteiger partial charge is 0.0636 e. The third kappa shape index (κ3) is 2.11. The Labute approximate surface area is 65.3 Å². The normalized spacial score (nSPS) is 8.11. The van der Waals surface area contributed by atoms with Gasteiger partial charge in [-0.1, -0.05) is 0 Å². The first-order chi connectivity index (χ1) is 3.80. The van der Waals surface area contributed by atoms with Crippen molar-refractivity contribution in [3.63, 3.8) is 0 Å². The van der Waals surface area contributed by atoms with E-state index in [4.69, 9.17) is 5.73 Å². The second-order valence-corrected chi connectivity index (χ2v) is 1.92. The molecule has 0 aliphatic heterocycles. The summed E-state index contributed by atoms with van der Waals surface area (Å²) in [5.74, 6) is 0. The topological polar surface area (TPSA) is 38.9 Å². The van der Waals surface area contributed by atoms with Gasteiger partial charge in [-0.2, -0.15) is 0 Å². The Balaban J connectivity index is 0.000000640. The van der Waals surface area contributed by atoms with Gasteiger partial charge < -0.3 is 5.73 Å². The van der Waals surface area contributed by atoms with E-state index in [1.54, 1.807) is 18.5 Å². The van der Waals surface area contributed by atoms with Crippen molar-refractivity contribution < 1.29 is 0 Å². The monoisotopic (exact) mass is 162 g/mol. The van der Waals surface area contributed by atoms with Crippen LogP contribution in [0.1, 0.15) is 0 Å². The van der Waals surface area contributed by atoms with Crippen LogP contribution in [-0.4, -0.2) is 4.98 Å². The molecule has 0 fully saturated rings. The van der Waals surface area contributed by atoms with Gasteiger partial charge in [0.2, 0.25) is 0 Å². The number of aromatic nitrogens is 1. The van der Waals surface area contributed by atoms with E-state index in [2.05, 4.69) is 17.6 Å². The quantitative estimate of drug-likeness (QED) is 0.566. The van der Waals surface area contributed by atoms with Crippen molar-refractivity contribution in [2.45, 2.75) is 4.90 Å². The predicted molar refractivity (Wildman–Crippen MR) is 43.1 cm³/mol. The zero-order valence-corrected chi connectivity index (χ0v) is 6.32. The predicted octanol–water partition coefficient (Wildman–Crippen LogP) is 1.37. The molecule has 0 amide bonds. The molecule has 2 nitrogen and oxygen atoms in total. The van der Waals surface area contributed by atoms with Gasteiger partial charge in [0.25, 0.3) is 0 Å². The largest absolute Gasteiger partial charge is 0.397 e. The minimum Gasteiger partial charge on any atom is -0.397 e. The summed E-state index contributed by atoms with van der Waals surface area (Å²) in [6.07, 6.45) is 3.22. The number of nitrogens with two attached hydrogens (primary N) is 1. The number of thiol groups is 1. The van der Waals surface area contributed by atoms with E-state index in [1.807, 2.05) is 0 Å². The lowest BCUT2D eigenvalue weighted by Crippen LogP contribution is -1.85. The zero-order valence-electron chi connectivity index (χ0n) is 4.61. The summed E-state index contributed by atoms with van der Waals surface area (Å²) in [6, 6.07) is 1.75. The maximum Gasteiger partial charge on any atom is 0.0636 e. The van der Waals surface area contributed by atoms with Gasteiger partial charge in [-0.15, -0.1) is 25.0 Å². The number of nitrogens with zero attached hydrogens (tertiary/aromatic N) is 1. The minimum atomic E-state index is 0. The summed E-state index contributed by atoms with van der Waals surface area (Å²) in [7, 11) is 0. The van der Waals surface area contributed by atoms with Crippen molar-refractivity contribution in [3.8, 4) is 0 Å². The molecular weight excluding hydrogens is 156 g/mol. The molecule has 0 unspecified atom stereocenters. The Kier molecular flexibility index (Phi) is 3.42. The highest BCUT2D eigenvalue weighted by Crippen LogP contribution is 2.11. The number of nitrogen functional groups attached to an aromatic ring is 1. The average molecular weight is 163 g/mol. The highest BCUT2D eigenvalue weighted by atomic mass is 35.5. The van der Waals surface area contributed by atoms with Gasteiger partial charge in [-0.3, -0.25) is 4.98 Å². The van der Waals surface area contributed by atoms with E-state index >= 15 is 0 Å². The molecule has 0 saturated carbocycles. The molecule has 1 aromatic rings. The summed E-state index contributed by atoms with van der Waals surface area (Å²) in [5.41, 5.74) is 6.00. The number of anilines is 1. The number of hydrogen-bond donors (Lipinski definition) is 2. The fourth-order valence-electron chi connectivity index (χ4n) is 0.399. The molecule has 0 bridgehead atoms. The van der Waals surface area contributed by atoms with Crippen LogP contribution in [0.4, 0.5) is 5.69 Å². The molecule has 4 heteroatoms. The van der Waals surface area contributed by atoms with Crippen molar-refractivity contribution in [2.75, 3.05) is 5.73 Å². The van der Waals surface area contributed by atoms with Crippen molar-refractivity contribution in [1.82, 2.24) is 4.98 Å². The van der Waals surface area contributed by atoms with Gasteiger partial charge in [0.05, 0.1) is 11.9 Å². The summed E-state index contributed by atoms with van der Waals surface area (Å²) >= 11 is 4.03. The lowest BCUT2D eigenvalue weighted by Gasteiger charge is -1.92. The van der Waals surface area contributed by atoms with Gasteiger partial charge in [-0.05, 0) is 6.07 Å². The summed E-state index contributed by atoms with van der Waals surface area (Å²) < 4.78 is 0. The summed E-state index contributed by atoms with van der Waals surface area (Å²) in [6.45, 7) is 0. The van der Waals surface area contributed by atoms with E-state index < -0.39 is 0 Å². The molecule has 2 N–H and O–H groups in total. The fraction of sp³-hybridized carbons (Fsp3) is 0. The third-order valence-electron chi connectivity index (χ3n) is 0.828. The van der Waals surface area contributed by atoms with Gasteiger partial charge in [-0.25, -0.2) is 0 Å². The SMILES string of the molecule is Cl.Nc1cnccc1S. The Bertz CT molecular complexity index is 171. The Morgan fingerprint density at radius 1 is 1.56 bits per heavy atom. The Morgan fingerprint density at radius 3 is 2.56 bits per heavy atom. The van der Waals surface area contributed by atoms with Crippen LogP contribution in [0.2, 0.25) is 0 Å². The van der Waals surface area contributed by atoms with E-state index in [1.165, 1.54) is 0 Å². The minimum absolute atomic E-state index is 0. The van der Waals surface area contributed by atoms with Crippen molar-refractivity contribution in [1.29, 1.82) is 0 Å². The molecular formula is C5H7ClN2S. The molecule has 0 atom stereocenters. The average Bonchev–Trinajstić information content (AvgIpc) is 1.77. The van der Waals surface area contributed by atoms with Crippen LogP contribution >= 0.6 is 25.0 Å². The second kappa shape index (κ2) is 3.58. The Morgan fingerprint density at radius 2 is 2.22 bits per heavy atom. The molecule has 0 aliphatic carbocycles. The van der Waals surface area contributed by atoms with Gasteiger partial charge >= 0.3 is 0 Å². The van der Waals surface area contributed by atoms with E-state index in [-0.39, 0.29) is 12.4 Å². The van der Waals surface area contributed by atoms with Crippen LogP contribution in [0.5, 0.6) is 0 Å². The molecule has 0 aromatic carbocycles. The Hall–Kier alpha value is -0.410. The van der Waals surface area contributed by atoms with Gasteiger partial charge in [0.15, 0.2) is 0 Å². The maximum atomic E-state index is 5.38. The van der Waals surface area contributed by atoms with Crippen molar-refractivity contribution >= 4 is 30.7 Å². The first kappa shape index (κ1) is 8.59. The molecule has 0 saturated heterocycles. The summed E-state index contributed by atoms with van der Waals surface area (Å²) in [5, 5.41) is 0. The lowest BCUT2D eigenvalue weighted by atomic mass is 10.4. The number of rotatable bonds is 0. The molecule has 1 heterocycles. The van der Waals surface area contributed by atoms with Crippen LogP contribution in [-0.2, 0) is 0 Å². The lowest BCUT2D eigenvalue weighted by molar-refractivity contribution is 1.27. The molecule has 1 rings (SSSR count). The fourth-order valence-corrected chi connectivity index (χ4v) is 0.524.